The summed E-state index contributed by atoms with van der Waals surface area (Å²) in [4.78, 5) is 0. The second-order valence-corrected chi connectivity index (χ2v) is 4.48. The topological polar surface area (TPSA) is 18.5 Å². The lowest BCUT2D eigenvalue weighted by molar-refractivity contribution is 0.0549. The third-order valence-corrected chi connectivity index (χ3v) is 3.20. The molecule has 13 heavy (non-hydrogen) atoms. The van der Waals surface area contributed by atoms with Crippen LogP contribution in [0, 0.1) is 17.8 Å². The highest BCUT2D eigenvalue weighted by molar-refractivity contribution is 4.93. The molecule has 0 unspecified atom stereocenters. The minimum absolute atomic E-state index is 0. The van der Waals surface area contributed by atoms with Gasteiger partial charge in [0.05, 0.1) is 25.4 Å². The van der Waals surface area contributed by atoms with Crippen LogP contribution in [0.1, 0.15) is 28.2 Å². The maximum absolute atomic E-state index is 5.74. The summed E-state index contributed by atoms with van der Waals surface area (Å²) in [6, 6.07) is 0. The van der Waals surface area contributed by atoms with E-state index < -0.39 is 0 Å². The van der Waals surface area contributed by atoms with E-state index in [4.69, 9.17) is 9.47 Å². The van der Waals surface area contributed by atoms with Crippen molar-refractivity contribution in [1.29, 1.82) is 0 Å². The molecule has 0 aromatic rings. The highest BCUT2D eigenvalue weighted by Crippen LogP contribution is 2.37. The summed E-state index contributed by atoms with van der Waals surface area (Å²) in [5, 5.41) is 0. The average molecular weight is 186 g/mol. The Balaban J connectivity index is 0.000000845. The van der Waals surface area contributed by atoms with Crippen LogP contribution >= 0.6 is 0 Å². The quantitative estimate of drug-likeness (QED) is 0.625. The van der Waals surface area contributed by atoms with Gasteiger partial charge in [-0.05, 0) is 5.92 Å². The van der Waals surface area contributed by atoms with Gasteiger partial charge in [-0.15, -0.1) is 0 Å². The Labute approximate surface area is 81.6 Å². The van der Waals surface area contributed by atoms with Crippen LogP contribution in [0.5, 0.6) is 0 Å². The molecule has 0 amide bonds. The molecule has 0 spiro atoms. The monoisotopic (exact) mass is 186 g/mol. The van der Waals surface area contributed by atoms with Crippen molar-refractivity contribution in [2.45, 2.75) is 40.4 Å². The molecule has 0 aromatic carbocycles. The van der Waals surface area contributed by atoms with E-state index >= 15 is 0 Å². The zero-order chi connectivity index (χ0) is 8.72. The summed E-state index contributed by atoms with van der Waals surface area (Å²) < 4.78 is 11.5. The van der Waals surface area contributed by atoms with E-state index in [-0.39, 0.29) is 7.43 Å². The van der Waals surface area contributed by atoms with E-state index in [0.29, 0.717) is 30.0 Å². The van der Waals surface area contributed by atoms with Crippen LogP contribution in [0.25, 0.3) is 0 Å². The van der Waals surface area contributed by atoms with E-state index in [9.17, 15) is 0 Å². The Kier molecular flexibility index (Phi) is 3.36. The van der Waals surface area contributed by atoms with Crippen LogP contribution in [0.4, 0.5) is 0 Å². The molecular formula is C11H22O2. The van der Waals surface area contributed by atoms with Crippen LogP contribution in [0.15, 0.2) is 0 Å². The lowest BCUT2D eigenvalue weighted by Gasteiger charge is -2.19. The van der Waals surface area contributed by atoms with E-state index in [1.165, 1.54) is 0 Å². The summed E-state index contributed by atoms with van der Waals surface area (Å²) in [5.41, 5.74) is 0. The van der Waals surface area contributed by atoms with E-state index in [0.717, 1.165) is 13.2 Å². The molecule has 0 bridgehead atoms. The van der Waals surface area contributed by atoms with Crippen LogP contribution in [-0.2, 0) is 9.47 Å². The molecule has 2 saturated heterocycles. The third-order valence-electron chi connectivity index (χ3n) is 3.20. The molecule has 2 heteroatoms. The predicted octanol–water partition coefficient (Wildman–Crippen LogP) is 2.33. The Morgan fingerprint density at radius 1 is 1.08 bits per heavy atom. The van der Waals surface area contributed by atoms with E-state index in [1.807, 2.05) is 0 Å². The first-order valence-electron chi connectivity index (χ1n) is 4.93. The largest absolute Gasteiger partial charge is 0.375 e. The normalized spacial score (nSPS) is 43.4. The predicted molar refractivity (Wildman–Crippen MR) is 53.7 cm³/mol. The molecule has 0 saturated carbocycles. The number of hydrogen-bond acceptors (Lipinski definition) is 2. The van der Waals surface area contributed by atoms with Gasteiger partial charge in [-0.1, -0.05) is 28.2 Å². The van der Waals surface area contributed by atoms with E-state index in [1.54, 1.807) is 0 Å². The summed E-state index contributed by atoms with van der Waals surface area (Å²) in [6.45, 7) is 8.51. The molecule has 0 N–H and O–H groups in total. The zero-order valence-electron chi connectivity index (χ0n) is 8.12. The second-order valence-electron chi connectivity index (χ2n) is 4.48. The van der Waals surface area contributed by atoms with Crippen molar-refractivity contribution >= 4 is 0 Å². The van der Waals surface area contributed by atoms with Crippen molar-refractivity contribution in [2.75, 3.05) is 13.2 Å². The summed E-state index contributed by atoms with van der Waals surface area (Å²) in [7, 11) is 0. The van der Waals surface area contributed by atoms with Gasteiger partial charge in [-0.3, -0.25) is 0 Å². The molecule has 4 atom stereocenters. The van der Waals surface area contributed by atoms with Crippen molar-refractivity contribution in [3.05, 3.63) is 0 Å². The van der Waals surface area contributed by atoms with Crippen molar-refractivity contribution in [1.82, 2.24) is 0 Å². The molecule has 2 heterocycles. The van der Waals surface area contributed by atoms with Crippen LogP contribution in [-0.4, -0.2) is 25.4 Å². The second kappa shape index (κ2) is 3.97. The molecule has 0 aliphatic carbocycles. The molecule has 78 valence electrons. The van der Waals surface area contributed by atoms with Crippen molar-refractivity contribution < 1.29 is 9.47 Å². The van der Waals surface area contributed by atoms with Gasteiger partial charge < -0.3 is 9.47 Å². The summed E-state index contributed by atoms with van der Waals surface area (Å²) >= 11 is 0. The molecular weight excluding hydrogens is 164 g/mol. The van der Waals surface area contributed by atoms with Gasteiger partial charge in [0, 0.05) is 11.8 Å². The molecule has 0 aromatic heterocycles. The van der Waals surface area contributed by atoms with Gasteiger partial charge in [-0.2, -0.15) is 0 Å². The van der Waals surface area contributed by atoms with Crippen molar-refractivity contribution in [3.63, 3.8) is 0 Å². The van der Waals surface area contributed by atoms with Crippen LogP contribution < -0.4 is 0 Å². The lowest BCUT2D eigenvalue weighted by atomic mass is 9.89. The summed E-state index contributed by atoms with van der Waals surface area (Å²) in [6.07, 6.45) is 0.775. The maximum Gasteiger partial charge on any atom is 0.0892 e. The van der Waals surface area contributed by atoms with Gasteiger partial charge in [0.2, 0.25) is 0 Å². The Hall–Kier alpha value is -0.0800. The highest BCUT2D eigenvalue weighted by atomic mass is 16.6. The maximum atomic E-state index is 5.74. The minimum atomic E-state index is 0. The molecule has 2 rings (SSSR count). The molecule has 0 radical (unpaired) electrons. The Morgan fingerprint density at radius 2 is 1.69 bits per heavy atom. The average Bonchev–Trinajstić information content (AvgIpc) is 2.53. The number of rotatable bonds is 1. The fourth-order valence-corrected chi connectivity index (χ4v) is 2.29. The molecule has 2 nitrogen and oxygen atoms in total. The van der Waals surface area contributed by atoms with Crippen molar-refractivity contribution in [3.8, 4) is 0 Å². The molecule has 2 aliphatic heterocycles. The van der Waals surface area contributed by atoms with Crippen molar-refractivity contribution in [2.24, 2.45) is 17.8 Å². The Bertz CT molecular complexity index is 167. The first-order valence-corrected chi connectivity index (χ1v) is 4.93. The molecule has 2 aliphatic rings. The first-order chi connectivity index (χ1) is 5.70. The van der Waals surface area contributed by atoms with Gasteiger partial charge in [0.1, 0.15) is 0 Å². The SMILES string of the molecule is C.CC(C)[C@H]1CO[C@@H]2[C@H]1OC[C@H]2C. The smallest absolute Gasteiger partial charge is 0.0892 e. The van der Waals surface area contributed by atoms with Gasteiger partial charge in [0.15, 0.2) is 0 Å². The number of fused-ring (bicyclic) bond motifs is 1. The fraction of sp³-hybridized carbons (Fsp3) is 1.00. The summed E-state index contributed by atoms with van der Waals surface area (Å²) in [5.74, 6) is 1.91. The van der Waals surface area contributed by atoms with E-state index in [2.05, 4.69) is 20.8 Å². The third kappa shape index (κ3) is 1.75. The Morgan fingerprint density at radius 3 is 2.31 bits per heavy atom. The lowest BCUT2D eigenvalue weighted by Crippen LogP contribution is -2.27. The highest BCUT2D eigenvalue weighted by Gasteiger charge is 2.46. The number of ether oxygens (including phenoxy) is 2. The minimum Gasteiger partial charge on any atom is -0.375 e. The first kappa shape index (κ1) is 11.0. The number of hydrogen-bond donors (Lipinski definition) is 0. The standard InChI is InChI=1S/C10H18O2.CH4/c1-6(2)8-5-12-9-7(3)4-11-10(8)9;/h6-10H,4-5H2,1-3H3;1H4/t7-,8-,9+,10+;/m1./s1. The van der Waals surface area contributed by atoms with Gasteiger partial charge in [-0.25, -0.2) is 0 Å². The zero-order valence-corrected chi connectivity index (χ0v) is 8.12. The van der Waals surface area contributed by atoms with Crippen LogP contribution in [0.3, 0.4) is 0 Å². The van der Waals surface area contributed by atoms with Crippen LogP contribution in [0.2, 0.25) is 0 Å². The fourth-order valence-electron chi connectivity index (χ4n) is 2.29. The van der Waals surface area contributed by atoms with Gasteiger partial charge >= 0.3 is 0 Å². The van der Waals surface area contributed by atoms with Gasteiger partial charge in [0.25, 0.3) is 0 Å². The molecule has 2 fully saturated rings.